The average molecular weight is 265 g/mol. The van der Waals surface area contributed by atoms with Crippen molar-refractivity contribution in [3.05, 3.63) is 24.3 Å². The Morgan fingerprint density at radius 2 is 2.00 bits per heavy atom. The molecule has 6 nitrogen and oxygen atoms in total. The summed E-state index contributed by atoms with van der Waals surface area (Å²) < 4.78 is 0. The molecule has 2 amide bonds. The molecule has 0 aliphatic carbocycles. The van der Waals surface area contributed by atoms with E-state index < -0.39 is 17.9 Å². The van der Waals surface area contributed by atoms with E-state index in [-0.39, 0.29) is 6.54 Å². The Bertz CT molecular complexity index is 458. The van der Waals surface area contributed by atoms with Gasteiger partial charge in [0.2, 0.25) is 0 Å². The van der Waals surface area contributed by atoms with Crippen LogP contribution in [0.15, 0.2) is 24.3 Å². The first-order chi connectivity index (χ1) is 8.90. The summed E-state index contributed by atoms with van der Waals surface area (Å²) in [6.45, 7) is 1.57. The molecule has 0 fully saturated rings. The molecule has 0 aromatic heterocycles. The highest BCUT2D eigenvalue weighted by atomic mass is 16.3. The van der Waals surface area contributed by atoms with Gasteiger partial charge in [-0.15, -0.1) is 0 Å². The number of nitrogens with one attached hydrogen (secondary N) is 2. The predicted molar refractivity (Wildman–Crippen MR) is 74.1 cm³/mol. The third-order valence-electron chi connectivity index (χ3n) is 2.38. The summed E-state index contributed by atoms with van der Waals surface area (Å²) in [6.07, 6.45) is -0.686. The van der Waals surface area contributed by atoms with Crippen molar-refractivity contribution in [1.82, 2.24) is 5.32 Å². The lowest BCUT2D eigenvalue weighted by molar-refractivity contribution is -0.136. The van der Waals surface area contributed by atoms with Crippen LogP contribution in [0.5, 0.6) is 0 Å². The van der Waals surface area contributed by atoms with E-state index in [0.717, 1.165) is 5.69 Å². The lowest BCUT2D eigenvalue weighted by Crippen LogP contribution is -2.38. The van der Waals surface area contributed by atoms with Crippen molar-refractivity contribution in [1.29, 1.82) is 0 Å². The zero-order valence-corrected chi connectivity index (χ0v) is 11.3. The van der Waals surface area contributed by atoms with Gasteiger partial charge in [0, 0.05) is 32.0 Å². The van der Waals surface area contributed by atoms with E-state index in [0.29, 0.717) is 5.69 Å². The fraction of sp³-hybridized carbons (Fsp3) is 0.385. The maximum atomic E-state index is 11.6. The van der Waals surface area contributed by atoms with Gasteiger partial charge in [-0.3, -0.25) is 9.59 Å². The third kappa shape index (κ3) is 4.97. The number of aliphatic hydroxyl groups excluding tert-OH is 1. The smallest absolute Gasteiger partial charge is 0.313 e. The normalized spacial score (nSPS) is 11.6. The Morgan fingerprint density at radius 3 is 2.58 bits per heavy atom. The Morgan fingerprint density at radius 1 is 1.32 bits per heavy atom. The number of benzene rings is 1. The van der Waals surface area contributed by atoms with Crippen LogP contribution in [-0.2, 0) is 9.59 Å². The molecule has 0 saturated heterocycles. The van der Waals surface area contributed by atoms with Crippen LogP contribution in [0.25, 0.3) is 0 Å². The molecule has 0 aliphatic rings. The second kappa shape index (κ2) is 6.75. The van der Waals surface area contributed by atoms with Gasteiger partial charge in [0.25, 0.3) is 0 Å². The van der Waals surface area contributed by atoms with Gasteiger partial charge >= 0.3 is 11.8 Å². The molecule has 1 aromatic carbocycles. The Balaban J connectivity index is 2.61. The molecule has 0 heterocycles. The van der Waals surface area contributed by atoms with Gasteiger partial charge in [-0.25, -0.2) is 0 Å². The van der Waals surface area contributed by atoms with Crippen molar-refractivity contribution in [2.24, 2.45) is 0 Å². The maximum Gasteiger partial charge on any atom is 0.313 e. The minimum atomic E-state index is -0.767. The SMILES string of the molecule is CC(O)CNC(=O)C(=O)Nc1cccc(N(C)C)c1. The van der Waals surface area contributed by atoms with Crippen LogP contribution in [0.4, 0.5) is 11.4 Å². The first-order valence-electron chi connectivity index (χ1n) is 5.95. The van der Waals surface area contributed by atoms with Crippen molar-refractivity contribution >= 4 is 23.2 Å². The maximum absolute atomic E-state index is 11.6. The van der Waals surface area contributed by atoms with Crippen LogP contribution >= 0.6 is 0 Å². The monoisotopic (exact) mass is 265 g/mol. The first kappa shape index (κ1) is 15.0. The van der Waals surface area contributed by atoms with E-state index >= 15 is 0 Å². The lowest BCUT2D eigenvalue weighted by Gasteiger charge is -2.14. The summed E-state index contributed by atoms with van der Waals surface area (Å²) in [7, 11) is 3.77. The van der Waals surface area contributed by atoms with Crippen LogP contribution in [0, 0.1) is 0 Å². The molecular weight excluding hydrogens is 246 g/mol. The third-order valence-corrected chi connectivity index (χ3v) is 2.38. The molecule has 0 bridgehead atoms. The highest BCUT2D eigenvalue weighted by molar-refractivity contribution is 6.39. The van der Waals surface area contributed by atoms with Crippen molar-refractivity contribution < 1.29 is 14.7 Å². The Kier molecular flexibility index (Phi) is 5.32. The lowest BCUT2D eigenvalue weighted by atomic mass is 10.2. The standard InChI is InChI=1S/C13H19N3O3/c1-9(17)8-14-12(18)13(19)15-10-5-4-6-11(7-10)16(2)3/h4-7,9,17H,8H2,1-3H3,(H,14,18)(H,15,19). The molecular formula is C13H19N3O3. The molecule has 0 radical (unpaired) electrons. The molecule has 1 unspecified atom stereocenters. The topological polar surface area (TPSA) is 81.7 Å². The van der Waals surface area contributed by atoms with Crippen LogP contribution in [-0.4, -0.2) is 43.7 Å². The van der Waals surface area contributed by atoms with Crippen molar-refractivity contribution in [2.75, 3.05) is 30.9 Å². The van der Waals surface area contributed by atoms with E-state index in [1.165, 1.54) is 6.92 Å². The number of carbonyl (C=O) groups is 2. The van der Waals surface area contributed by atoms with Crippen LogP contribution < -0.4 is 15.5 Å². The summed E-state index contributed by atoms with van der Waals surface area (Å²) in [6, 6.07) is 7.15. The number of amides is 2. The van der Waals surface area contributed by atoms with Crippen LogP contribution in [0.2, 0.25) is 0 Å². The quantitative estimate of drug-likeness (QED) is 0.679. The van der Waals surface area contributed by atoms with E-state index in [1.807, 2.05) is 25.1 Å². The van der Waals surface area contributed by atoms with Crippen LogP contribution in [0.1, 0.15) is 6.92 Å². The van der Waals surface area contributed by atoms with Gasteiger partial charge in [0.15, 0.2) is 0 Å². The molecule has 6 heteroatoms. The summed E-state index contributed by atoms with van der Waals surface area (Å²) in [4.78, 5) is 24.9. The second-order valence-electron chi connectivity index (χ2n) is 4.46. The molecule has 0 spiro atoms. The van der Waals surface area contributed by atoms with Crippen LogP contribution in [0.3, 0.4) is 0 Å². The summed E-state index contributed by atoms with van der Waals surface area (Å²) in [5, 5.41) is 13.8. The summed E-state index contributed by atoms with van der Waals surface area (Å²) >= 11 is 0. The Labute approximate surface area is 112 Å². The number of anilines is 2. The highest BCUT2D eigenvalue weighted by Crippen LogP contribution is 2.16. The Hall–Kier alpha value is -2.08. The van der Waals surface area contributed by atoms with Gasteiger partial charge < -0.3 is 20.6 Å². The second-order valence-corrected chi connectivity index (χ2v) is 4.46. The largest absolute Gasteiger partial charge is 0.392 e. The molecule has 19 heavy (non-hydrogen) atoms. The fourth-order valence-electron chi connectivity index (χ4n) is 1.37. The number of rotatable bonds is 4. The molecule has 1 atom stereocenters. The van der Waals surface area contributed by atoms with Gasteiger partial charge in [0.1, 0.15) is 0 Å². The van der Waals surface area contributed by atoms with E-state index in [2.05, 4.69) is 10.6 Å². The molecule has 1 aromatic rings. The van der Waals surface area contributed by atoms with E-state index in [4.69, 9.17) is 5.11 Å². The molecule has 104 valence electrons. The fourth-order valence-corrected chi connectivity index (χ4v) is 1.37. The molecule has 0 aliphatic heterocycles. The molecule has 3 N–H and O–H groups in total. The molecule has 1 rings (SSSR count). The first-order valence-corrected chi connectivity index (χ1v) is 5.95. The zero-order chi connectivity index (χ0) is 14.4. The van der Waals surface area contributed by atoms with Crippen molar-refractivity contribution in [3.8, 4) is 0 Å². The minimum absolute atomic E-state index is 0.0456. The average Bonchev–Trinajstić information content (AvgIpc) is 2.36. The number of hydrogen-bond donors (Lipinski definition) is 3. The predicted octanol–water partition coefficient (Wildman–Crippen LogP) is 0.188. The highest BCUT2D eigenvalue weighted by Gasteiger charge is 2.14. The summed E-state index contributed by atoms with van der Waals surface area (Å²) in [5.74, 6) is -1.52. The van der Waals surface area contributed by atoms with Gasteiger partial charge in [-0.1, -0.05) is 6.07 Å². The number of hydrogen-bond acceptors (Lipinski definition) is 4. The number of aliphatic hydroxyl groups is 1. The summed E-state index contributed by atoms with van der Waals surface area (Å²) in [5.41, 5.74) is 1.46. The van der Waals surface area contributed by atoms with E-state index in [9.17, 15) is 9.59 Å². The van der Waals surface area contributed by atoms with Gasteiger partial charge in [-0.05, 0) is 25.1 Å². The molecule has 0 saturated carbocycles. The van der Waals surface area contributed by atoms with Crippen molar-refractivity contribution in [2.45, 2.75) is 13.0 Å². The number of carbonyl (C=O) groups excluding carboxylic acids is 2. The van der Waals surface area contributed by atoms with Crippen molar-refractivity contribution in [3.63, 3.8) is 0 Å². The minimum Gasteiger partial charge on any atom is -0.392 e. The van der Waals surface area contributed by atoms with Gasteiger partial charge in [-0.2, -0.15) is 0 Å². The number of nitrogens with zero attached hydrogens (tertiary/aromatic N) is 1. The van der Waals surface area contributed by atoms with Gasteiger partial charge in [0.05, 0.1) is 6.10 Å². The van der Waals surface area contributed by atoms with E-state index in [1.54, 1.807) is 18.2 Å². The zero-order valence-electron chi connectivity index (χ0n) is 11.3.